The maximum atomic E-state index is 11.9. The first-order valence-corrected chi connectivity index (χ1v) is 5.93. The minimum absolute atomic E-state index is 0.296. The Balaban J connectivity index is 2.05. The molecule has 0 aliphatic rings. The van der Waals surface area contributed by atoms with Gasteiger partial charge in [0.2, 0.25) is 0 Å². The number of carbonyl (C=O) groups excluding carboxylic acids is 1. The average Bonchev–Trinajstić information content (AvgIpc) is 2.49. The number of amides is 1. The summed E-state index contributed by atoms with van der Waals surface area (Å²) in [5.74, 6) is 4.92. The highest BCUT2D eigenvalue weighted by atomic mass is 16.1. The lowest BCUT2D eigenvalue weighted by Gasteiger charge is -2.06. The third kappa shape index (κ3) is 3.31. The number of pyridine rings is 1. The Labute approximate surface area is 116 Å². The monoisotopic (exact) mass is 267 g/mol. The Bertz CT molecular complexity index is 628. The van der Waals surface area contributed by atoms with Crippen LogP contribution in [0.15, 0.2) is 42.6 Å². The maximum Gasteiger partial charge on any atom is 0.274 e. The summed E-state index contributed by atoms with van der Waals surface area (Å²) in [6.07, 6.45) is 1.83. The molecule has 4 N–H and O–H groups in total. The van der Waals surface area contributed by atoms with E-state index < -0.39 is 0 Å². The smallest absolute Gasteiger partial charge is 0.274 e. The molecule has 1 heterocycles. The number of nitrogens with zero attached hydrogens (tertiary/aromatic N) is 2. The predicted molar refractivity (Wildman–Crippen MR) is 75.8 cm³/mol. The molecule has 0 aliphatic heterocycles. The van der Waals surface area contributed by atoms with Crippen molar-refractivity contribution in [3.63, 3.8) is 0 Å². The van der Waals surface area contributed by atoms with Gasteiger partial charge in [-0.25, -0.2) is 4.98 Å². The van der Waals surface area contributed by atoms with Crippen LogP contribution in [0.3, 0.4) is 0 Å². The van der Waals surface area contributed by atoms with Gasteiger partial charge in [-0.1, -0.05) is 12.1 Å². The topological polar surface area (TPSA) is 104 Å². The number of aromatic nitrogens is 1. The van der Waals surface area contributed by atoms with Crippen LogP contribution in [-0.4, -0.2) is 10.9 Å². The Kier molecular flexibility index (Phi) is 4.27. The molecule has 1 aromatic heterocycles. The van der Waals surface area contributed by atoms with Crippen molar-refractivity contribution >= 4 is 17.3 Å². The summed E-state index contributed by atoms with van der Waals surface area (Å²) in [5.41, 5.74) is 4.92. The van der Waals surface area contributed by atoms with E-state index in [0.717, 1.165) is 5.56 Å². The molecule has 2 rings (SSSR count). The number of nitriles is 1. The number of nitrogen functional groups attached to an aromatic ring is 1. The van der Waals surface area contributed by atoms with Crippen LogP contribution in [0.5, 0.6) is 0 Å². The summed E-state index contributed by atoms with van der Waals surface area (Å²) in [6, 6.07) is 12.4. The van der Waals surface area contributed by atoms with Crippen molar-refractivity contribution in [1.29, 1.82) is 5.26 Å². The van der Waals surface area contributed by atoms with E-state index in [1.165, 1.54) is 6.20 Å². The molecule has 2 aromatic rings. The average molecular weight is 267 g/mol. The zero-order chi connectivity index (χ0) is 14.4. The molecule has 0 saturated carbocycles. The van der Waals surface area contributed by atoms with Crippen molar-refractivity contribution in [3.8, 4) is 6.07 Å². The molecule has 0 fully saturated rings. The Morgan fingerprint density at radius 2 is 1.90 bits per heavy atom. The highest BCUT2D eigenvalue weighted by molar-refractivity contribution is 6.02. The molecule has 20 heavy (non-hydrogen) atoms. The second kappa shape index (κ2) is 6.31. The van der Waals surface area contributed by atoms with Crippen LogP contribution < -0.4 is 16.6 Å². The molecule has 6 heteroatoms. The highest BCUT2D eigenvalue weighted by Gasteiger charge is 2.07. The molecular formula is C14H13N5O. The highest BCUT2D eigenvalue weighted by Crippen LogP contribution is 2.12. The Morgan fingerprint density at radius 3 is 2.45 bits per heavy atom. The first-order valence-electron chi connectivity index (χ1n) is 5.93. The maximum absolute atomic E-state index is 11.9. The lowest BCUT2D eigenvalue weighted by Crippen LogP contribution is -2.14. The van der Waals surface area contributed by atoms with Gasteiger partial charge in [0.15, 0.2) is 0 Å². The van der Waals surface area contributed by atoms with Gasteiger partial charge in [-0.15, -0.1) is 0 Å². The second-order valence-corrected chi connectivity index (χ2v) is 4.06. The van der Waals surface area contributed by atoms with Gasteiger partial charge < -0.3 is 10.7 Å². The van der Waals surface area contributed by atoms with E-state index in [4.69, 9.17) is 11.1 Å². The van der Waals surface area contributed by atoms with Crippen LogP contribution in [0.4, 0.5) is 11.4 Å². The molecule has 0 radical (unpaired) electrons. The molecule has 0 saturated heterocycles. The minimum atomic E-state index is -0.304. The van der Waals surface area contributed by atoms with E-state index in [1.807, 2.05) is 0 Å². The predicted octanol–water partition coefficient (Wildman–Crippen LogP) is 1.69. The van der Waals surface area contributed by atoms with E-state index in [1.54, 1.807) is 36.4 Å². The first-order chi connectivity index (χ1) is 9.72. The molecule has 0 spiro atoms. The lowest BCUT2D eigenvalue weighted by atomic mass is 10.1. The molecule has 0 aliphatic carbocycles. The van der Waals surface area contributed by atoms with E-state index in [0.29, 0.717) is 23.5 Å². The van der Waals surface area contributed by atoms with Gasteiger partial charge in [-0.05, 0) is 29.8 Å². The van der Waals surface area contributed by atoms with Gasteiger partial charge in [0.05, 0.1) is 24.4 Å². The van der Waals surface area contributed by atoms with Crippen LogP contribution in [0.1, 0.15) is 16.1 Å². The van der Waals surface area contributed by atoms with Crippen LogP contribution in [0, 0.1) is 11.3 Å². The van der Waals surface area contributed by atoms with E-state index in [-0.39, 0.29) is 5.91 Å². The molecule has 6 nitrogen and oxygen atoms in total. The SMILES string of the molecule is N#CCc1ccc(NC(=O)c2ccc(NN)cn2)cc1. The fourth-order valence-electron chi connectivity index (χ4n) is 1.61. The normalized spacial score (nSPS) is 9.60. The number of hydrogen-bond acceptors (Lipinski definition) is 5. The zero-order valence-electron chi connectivity index (χ0n) is 10.6. The summed E-state index contributed by atoms with van der Waals surface area (Å²) in [7, 11) is 0. The summed E-state index contributed by atoms with van der Waals surface area (Å²) in [4.78, 5) is 15.9. The van der Waals surface area contributed by atoms with E-state index >= 15 is 0 Å². The number of nitrogens with two attached hydrogens (primary N) is 1. The van der Waals surface area contributed by atoms with Crippen molar-refractivity contribution < 1.29 is 4.79 Å². The van der Waals surface area contributed by atoms with Crippen LogP contribution in [-0.2, 0) is 6.42 Å². The number of hydrazine groups is 1. The largest absolute Gasteiger partial charge is 0.323 e. The molecule has 0 unspecified atom stereocenters. The van der Waals surface area contributed by atoms with Gasteiger partial charge in [0.25, 0.3) is 5.91 Å². The van der Waals surface area contributed by atoms with Crippen LogP contribution in [0.25, 0.3) is 0 Å². The quantitative estimate of drug-likeness (QED) is 0.577. The van der Waals surface area contributed by atoms with Gasteiger partial charge >= 0.3 is 0 Å². The fourth-order valence-corrected chi connectivity index (χ4v) is 1.61. The fraction of sp³-hybridized carbons (Fsp3) is 0.0714. The first kappa shape index (κ1) is 13.5. The Hall–Kier alpha value is -2.91. The van der Waals surface area contributed by atoms with Gasteiger partial charge in [-0.2, -0.15) is 5.26 Å². The van der Waals surface area contributed by atoms with Crippen molar-refractivity contribution in [2.24, 2.45) is 5.84 Å². The van der Waals surface area contributed by atoms with Crippen molar-refractivity contribution in [3.05, 3.63) is 53.9 Å². The van der Waals surface area contributed by atoms with Crippen molar-refractivity contribution in [2.75, 3.05) is 10.7 Å². The van der Waals surface area contributed by atoms with E-state index in [9.17, 15) is 4.79 Å². The summed E-state index contributed by atoms with van der Waals surface area (Å²) in [5, 5.41) is 11.3. The van der Waals surface area contributed by atoms with Crippen molar-refractivity contribution in [2.45, 2.75) is 6.42 Å². The number of hydrogen-bond donors (Lipinski definition) is 3. The molecule has 100 valence electrons. The second-order valence-electron chi connectivity index (χ2n) is 4.06. The van der Waals surface area contributed by atoms with Gasteiger partial charge in [0.1, 0.15) is 5.69 Å². The number of rotatable bonds is 4. The number of benzene rings is 1. The zero-order valence-corrected chi connectivity index (χ0v) is 10.6. The molecule has 1 aromatic carbocycles. The van der Waals surface area contributed by atoms with Crippen LogP contribution in [0.2, 0.25) is 0 Å². The Morgan fingerprint density at radius 1 is 1.20 bits per heavy atom. The van der Waals surface area contributed by atoms with Crippen molar-refractivity contribution in [1.82, 2.24) is 4.98 Å². The number of anilines is 2. The molecule has 0 atom stereocenters. The standard InChI is InChI=1S/C14H13N5O/c15-8-7-10-1-3-11(4-2-10)18-14(20)13-6-5-12(19-16)9-17-13/h1-6,9,19H,7,16H2,(H,18,20). The molecular weight excluding hydrogens is 254 g/mol. The number of nitrogens with one attached hydrogen (secondary N) is 2. The third-order valence-corrected chi connectivity index (χ3v) is 2.66. The summed E-state index contributed by atoms with van der Waals surface area (Å²) in [6.45, 7) is 0. The molecule has 0 bridgehead atoms. The number of carbonyl (C=O) groups is 1. The summed E-state index contributed by atoms with van der Waals surface area (Å²) >= 11 is 0. The van der Waals surface area contributed by atoms with Crippen LogP contribution >= 0.6 is 0 Å². The lowest BCUT2D eigenvalue weighted by molar-refractivity contribution is 0.102. The third-order valence-electron chi connectivity index (χ3n) is 2.66. The molecule has 1 amide bonds. The van der Waals surface area contributed by atoms with E-state index in [2.05, 4.69) is 21.8 Å². The minimum Gasteiger partial charge on any atom is -0.323 e. The van der Waals surface area contributed by atoms with Gasteiger partial charge in [-0.3, -0.25) is 10.6 Å². The van der Waals surface area contributed by atoms with Gasteiger partial charge in [0, 0.05) is 5.69 Å². The summed E-state index contributed by atoms with van der Waals surface area (Å²) < 4.78 is 0.